The molecule has 0 atom stereocenters. The van der Waals surface area contributed by atoms with Gasteiger partial charge in [0.25, 0.3) is 0 Å². The number of carboxylic acid groups (broad SMARTS) is 1. The zero-order chi connectivity index (χ0) is 19.8. The smallest absolute Gasteiger partial charge is 0.347 e. The third kappa shape index (κ3) is 4.19. The fourth-order valence-corrected chi connectivity index (χ4v) is 3.74. The molecule has 3 rings (SSSR count). The third-order valence-electron chi connectivity index (χ3n) is 4.26. The van der Waals surface area contributed by atoms with Crippen molar-refractivity contribution in [2.24, 2.45) is 0 Å². The molecule has 0 aliphatic rings. The molecule has 4 nitrogen and oxygen atoms in total. The van der Waals surface area contributed by atoms with Gasteiger partial charge in [-0.1, -0.05) is 38.5 Å². The lowest BCUT2D eigenvalue weighted by molar-refractivity contribution is 0.0701. The van der Waals surface area contributed by atoms with Gasteiger partial charge in [-0.05, 0) is 49.6 Å². The summed E-state index contributed by atoms with van der Waals surface area (Å²) in [7, 11) is 0. The number of hydrogen-bond acceptors (Lipinski definition) is 4. The molecule has 0 fully saturated rings. The highest BCUT2D eigenvalue weighted by molar-refractivity contribution is 7.17. The Kier molecular flexibility index (Phi) is 5.07. The lowest BCUT2D eigenvalue weighted by Gasteiger charge is -2.23. The molecular formula is C22H23NO3S. The minimum atomic E-state index is -0.940. The van der Waals surface area contributed by atoms with Crippen LogP contribution in [0.1, 0.15) is 47.3 Å². The van der Waals surface area contributed by atoms with Gasteiger partial charge in [-0.2, -0.15) is 0 Å². The van der Waals surface area contributed by atoms with E-state index >= 15 is 0 Å². The topological polar surface area (TPSA) is 59.4 Å². The Bertz CT molecular complexity index is 982. The van der Waals surface area contributed by atoms with Crippen LogP contribution in [0.15, 0.2) is 42.5 Å². The Balaban J connectivity index is 1.87. The Hall–Kier alpha value is -2.66. The van der Waals surface area contributed by atoms with Crippen LogP contribution in [0.2, 0.25) is 0 Å². The maximum absolute atomic E-state index is 11.2. The summed E-state index contributed by atoms with van der Waals surface area (Å²) in [5.41, 5.74) is 3.76. The number of benzene rings is 2. The minimum absolute atomic E-state index is 0.0209. The maximum Gasteiger partial charge on any atom is 0.347 e. The van der Waals surface area contributed by atoms with E-state index in [1.54, 1.807) is 6.92 Å². The number of aromatic nitrogens is 1. The van der Waals surface area contributed by atoms with Gasteiger partial charge in [-0.15, -0.1) is 11.3 Å². The molecule has 0 amide bonds. The van der Waals surface area contributed by atoms with E-state index in [0.717, 1.165) is 22.6 Å². The average Bonchev–Trinajstić information content (AvgIpc) is 2.98. The molecule has 1 heterocycles. The fourth-order valence-electron chi connectivity index (χ4n) is 2.83. The van der Waals surface area contributed by atoms with E-state index in [4.69, 9.17) is 4.74 Å². The van der Waals surface area contributed by atoms with E-state index in [1.807, 2.05) is 36.4 Å². The van der Waals surface area contributed by atoms with Crippen LogP contribution >= 0.6 is 11.3 Å². The zero-order valence-electron chi connectivity index (χ0n) is 16.2. The SMILES string of the molecule is Cc1ccc(Oc2ccc(-c3nc(C)c(C(=O)O)s3)cc2)c(C(C)(C)C)c1. The highest BCUT2D eigenvalue weighted by Crippen LogP contribution is 2.36. The molecule has 0 spiro atoms. The molecule has 0 bridgehead atoms. The van der Waals surface area contributed by atoms with E-state index in [2.05, 4.69) is 38.7 Å². The quantitative estimate of drug-likeness (QED) is 0.583. The van der Waals surface area contributed by atoms with Gasteiger partial charge in [-0.25, -0.2) is 9.78 Å². The summed E-state index contributed by atoms with van der Waals surface area (Å²) in [6.45, 7) is 10.3. The summed E-state index contributed by atoms with van der Waals surface area (Å²) >= 11 is 1.19. The summed E-state index contributed by atoms with van der Waals surface area (Å²) in [6, 6.07) is 13.8. The van der Waals surface area contributed by atoms with E-state index < -0.39 is 5.97 Å². The Morgan fingerprint density at radius 2 is 1.74 bits per heavy atom. The zero-order valence-corrected chi connectivity index (χ0v) is 17.0. The van der Waals surface area contributed by atoms with Gasteiger partial charge in [-0.3, -0.25) is 0 Å². The van der Waals surface area contributed by atoms with Gasteiger partial charge in [0.15, 0.2) is 0 Å². The Morgan fingerprint density at radius 3 is 2.30 bits per heavy atom. The summed E-state index contributed by atoms with van der Waals surface area (Å²) < 4.78 is 6.14. The molecule has 1 aromatic heterocycles. The first kappa shape index (κ1) is 19.1. The molecule has 0 aliphatic heterocycles. The predicted molar refractivity (Wildman–Crippen MR) is 109 cm³/mol. The molecule has 2 aromatic carbocycles. The molecule has 1 N–H and O–H groups in total. The second-order valence-corrected chi connectivity index (χ2v) is 8.61. The third-order valence-corrected chi connectivity index (χ3v) is 5.46. The molecular weight excluding hydrogens is 358 g/mol. The van der Waals surface area contributed by atoms with Crippen LogP contribution in [0.25, 0.3) is 10.6 Å². The summed E-state index contributed by atoms with van der Waals surface area (Å²) in [5, 5.41) is 9.89. The molecule has 0 saturated carbocycles. The number of aromatic carboxylic acids is 1. The molecule has 0 saturated heterocycles. The van der Waals surface area contributed by atoms with Gasteiger partial charge in [0.2, 0.25) is 0 Å². The van der Waals surface area contributed by atoms with Crippen molar-refractivity contribution in [3.63, 3.8) is 0 Å². The van der Waals surface area contributed by atoms with Gasteiger partial charge >= 0.3 is 5.97 Å². The van der Waals surface area contributed by atoms with E-state index in [-0.39, 0.29) is 10.3 Å². The van der Waals surface area contributed by atoms with E-state index in [1.165, 1.54) is 16.9 Å². The number of rotatable bonds is 4. The molecule has 27 heavy (non-hydrogen) atoms. The number of aryl methyl sites for hydroxylation is 2. The summed E-state index contributed by atoms with van der Waals surface area (Å²) in [4.78, 5) is 15.9. The van der Waals surface area contributed by atoms with Crippen molar-refractivity contribution in [3.05, 3.63) is 64.2 Å². The van der Waals surface area contributed by atoms with Crippen molar-refractivity contribution < 1.29 is 14.6 Å². The predicted octanol–water partition coefficient (Wildman–Crippen LogP) is 6.21. The van der Waals surface area contributed by atoms with Crippen LogP contribution in [0.5, 0.6) is 11.5 Å². The lowest BCUT2D eigenvalue weighted by Crippen LogP contribution is -2.12. The van der Waals surface area contributed by atoms with Gasteiger partial charge in [0.05, 0.1) is 5.69 Å². The summed E-state index contributed by atoms with van der Waals surface area (Å²) in [5.74, 6) is 0.643. The van der Waals surface area contributed by atoms with Crippen molar-refractivity contribution in [1.29, 1.82) is 0 Å². The van der Waals surface area contributed by atoms with Crippen molar-refractivity contribution in [2.75, 3.05) is 0 Å². The van der Waals surface area contributed by atoms with Crippen molar-refractivity contribution >= 4 is 17.3 Å². The van der Waals surface area contributed by atoms with Crippen LogP contribution in [-0.4, -0.2) is 16.1 Å². The second-order valence-electron chi connectivity index (χ2n) is 7.61. The monoisotopic (exact) mass is 381 g/mol. The Labute approximate surface area is 163 Å². The summed E-state index contributed by atoms with van der Waals surface area (Å²) in [6.07, 6.45) is 0. The first-order valence-electron chi connectivity index (χ1n) is 8.75. The normalized spacial score (nSPS) is 11.4. The average molecular weight is 381 g/mol. The van der Waals surface area contributed by atoms with Crippen molar-refractivity contribution in [2.45, 2.75) is 40.0 Å². The molecule has 0 unspecified atom stereocenters. The lowest BCUT2D eigenvalue weighted by atomic mass is 9.85. The van der Waals surface area contributed by atoms with Crippen LogP contribution < -0.4 is 4.74 Å². The fraction of sp³-hybridized carbons (Fsp3) is 0.273. The first-order valence-corrected chi connectivity index (χ1v) is 9.57. The van der Waals surface area contributed by atoms with E-state index in [0.29, 0.717) is 10.7 Å². The van der Waals surface area contributed by atoms with Crippen molar-refractivity contribution in [1.82, 2.24) is 4.98 Å². The highest BCUT2D eigenvalue weighted by Gasteiger charge is 2.20. The minimum Gasteiger partial charge on any atom is -0.477 e. The van der Waals surface area contributed by atoms with Crippen LogP contribution in [0.3, 0.4) is 0 Å². The number of thiazole rings is 1. The Morgan fingerprint density at radius 1 is 1.07 bits per heavy atom. The van der Waals surface area contributed by atoms with Gasteiger partial charge < -0.3 is 9.84 Å². The largest absolute Gasteiger partial charge is 0.477 e. The highest BCUT2D eigenvalue weighted by atomic mass is 32.1. The molecule has 140 valence electrons. The van der Waals surface area contributed by atoms with Crippen molar-refractivity contribution in [3.8, 4) is 22.1 Å². The maximum atomic E-state index is 11.2. The number of hydrogen-bond donors (Lipinski definition) is 1. The molecule has 5 heteroatoms. The molecule has 3 aromatic rings. The molecule has 0 radical (unpaired) electrons. The first-order chi connectivity index (χ1) is 12.6. The van der Waals surface area contributed by atoms with Gasteiger partial charge in [0, 0.05) is 11.1 Å². The van der Waals surface area contributed by atoms with Crippen LogP contribution in [-0.2, 0) is 5.41 Å². The number of carboxylic acids is 1. The van der Waals surface area contributed by atoms with E-state index in [9.17, 15) is 9.90 Å². The van der Waals surface area contributed by atoms with Crippen LogP contribution in [0, 0.1) is 13.8 Å². The molecule has 0 aliphatic carbocycles. The number of ether oxygens (including phenoxy) is 1. The van der Waals surface area contributed by atoms with Gasteiger partial charge in [0.1, 0.15) is 21.4 Å². The second kappa shape index (κ2) is 7.16. The standard InChI is InChI=1S/C22H23NO3S/c1-13-6-11-18(17(12-13)22(3,4)5)26-16-9-7-15(8-10-16)20-23-14(2)19(27-20)21(24)25/h6-12H,1-5H3,(H,24,25). The van der Waals surface area contributed by atoms with Crippen LogP contribution in [0.4, 0.5) is 0 Å². The number of carbonyl (C=O) groups is 1. The number of nitrogens with zero attached hydrogens (tertiary/aromatic N) is 1.